The summed E-state index contributed by atoms with van der Waals surface area (Å²) >= 11 is 15.9. The lowest BCUT2D eigenvalue weighted by Crippen LogP contribution is -2.27. The van der Waals surface area contributed by atoms with Crippen LogP contribution in [0.2, 0.25) is 5.02 Å². The molecule has 1 fully saturated rings. The van der Waals surface area contributed by atoms with E-state index in [0.717, 1.165) is 0 Å². The molecular weight excluding hydrogens is 502 g/mol. The number of ether oxygens (including phenoxy) is 2. The average Bonchev–Trinajstić information content (AvgIpc) is 2.93. The molecule has 1 amide bonds. The van der Waals surface area contributed by atoms with Crippen molar-refractivity contribution >= 4 is 79.5 Å². The molecule has 150 valence electrons. The number of halogens is 2. The Morgan fingerprint density at radius 2 is 2.14 bits per heavy atom. The van der Waals surface area contributed by atoms with E-state index in [1.165, 1.54) is 23.8 Å². The molecule has 2 aromatic rings. The van der Waals surface area contributed by atoms with Crippen molar-refractivity contribution in [3.05, 3.63) is 56.4 Å². The first-order valence-corrected chi connectivity index (χ1v) is 10.5. The van der Waals surface area contributed by atoms with Crippen molar-refractivity contribution in [2.24, 2.45) is 0 Å². The molecule has 0 aliphatic carbocycles. The minimum absolute atomic E-state index is 0.261. The van der Waals surface area contributed by atoms with E-state index >= 15 is 0 Å². The van der Waals surface area contributed by atoms with Gasteiger partial charge in [0.15, 0.2) is 22.4 Å². The minimum Gasteiger partial charge on any atom is -0.493 e. The molecule has 0 bridgehead atoms. The van der Waals surface area contributed by atoms with E-state index in [1.54, 1.807) is 42.5 Å². The number of amides is 1. The fourth-order valence-corrected chi connectivity index (χ4v) is 4.61. The monoisotopic (exact) mass is 513 g/mol. The Balaban J connectivity index is 1.92. The van der Waals surface area contributed by atoms with Crippen LogP contribution in [0.4, 0.5) is 5.69 Å². The van der Waals surface area contributed by atoms with Crippen LogP contribution in [0.25, 0.3) is 6.08 Å². The molecule has 0 aromatic heterocycles. The number of hydrogen-bond donors (Lipinski definition) is 1. The van der Waals surface area contributed by atoms with Crippen molar-refractivity contribution < 1.29 is 24.2 Å². The quantitative estimate of drug-likeness (QED) is 0.430. The topological polar surface area (TPSA) is 76.1 Å². The molecule has 1 N–H and O–H groups in total. The van der Waals surface area contributed by atoms with E-state index in [4.69, 9.17) is 38.4 Å². The van der Waals surface area contributed by atoms with Crippen molar-refractivity contribution in [2.45, 2.75) is 0 Å². The first-order chi connectivity index (χ1) is 13.8. The minimum atomic E-state index is -1.10. The Morgan fingerprint density at radius 1 is 1.38 bits per heavy atom. The summed E-state index contributed by atoms with van der Waals surface area (Å²) in [7, 11) is 1.44. The highest BCUT2D eigenvalue weighted by molar-refractivity contribution is 9.10. The van der Waals surface area contributed by atoms with Crippen molar-refractivity contribution in [1.29, 1.82) is 0 Å². The number of thiocarbonyl (C=S) groups is 1. The molecule has 1 aliphatic heterocycles. The van der Waals surface area contributed by atoms with Gasteiger partial charge in [0.1, 0.15) is 0 Å². The number of carbonyl (C=O) groups excluding carboxylic acids is 1. The molecule has 29 heavy (non-hydrogen) atoms. The van der Waals surface area contributed by atoms with E-state index in [0.29, 0.717) is 35.7 Å². The van der Waals surface area contributed by atoms with Gasteiger partial charge in [-0.3, -0.25) is 9.69 Å². The number of hydrogen-bond acceptors (Lipinski definition) is 6. The zero-order valence-electron chi connectivity index (χ0n) is 14.8. The molecule has 0 unspecified atom stereocenters. The maximum absolute atomic E-state index is 12.9. The Labute approximate surface area is 189 Å². The summed E-state index contributed by atoms with van der Waals surface area (Å²) in [6, 6.07) is 10.2. The van der Waals surface area contributed by atoms with Gasteiger partial charge in [-0.25, -0.2) is 4.79 Å². The van der Waals surface area contributed by atoms with Gasteiger partial charge in [0.25, 0.3) is 5.91 Å². The van der Waals surface area contributed by atoms with Crippen LogP contribution in [0.15, 0.2) is 45.8 Å². The predicted molar refractivity (Wildman–Crippen MR) is 121 cm³/mol. The summed E-state index contributed by atoms with van der Waals surface area (Å²) in [5, 5.41) is 9.31. The third-order valence-corrected chi connectivity index (χ3v) is 5.88. The maximum Gasteiger partial charge on any atom is 0.341 e. The van der Waals surface area contributed by atoms with Gasteiger partial charge in [0.05, 0.1) is 22.2 Å². The number of rotatable bonds is 6. The van der Waals surface area contributed by atoms with Crippen LogP contribution in [-0.4, -0.2) is 35.0 Å². The number of methoxy groups -OCH3 is 1. The number of aliphatic carboxylic acids is 1. The second kappa shape index (κ2) is 9.17. The summed E-state index contributed by atoms with van der Waals surface area (Å²) in [6.45, 7) is -0.507. The molecule has 0 saturated carbocycles. The molecule has 6 nitrogen and oxygen atoms in total. The van der Waals surface area contributed by atoms with Gasteiger partial charge in [-0.2, -0.15) is 0 Å². The number of carbonyl (C=O) groups is 2. The van der Waals surface area contributed by atoms with Crippen LogP contribution in [0.1, 0.15) is 5.56 Å². The number of benzene rings is 2. The van der Waals surface area contributed by atoms with Gasteiger partial charge >= 0.3 is 5.97 Å². The second-order valence-corrected chi connectivity index (χ2v) is 8.68. The molecule has 0 atom stereocenters. The molecule has 2 aromatic carbocycles. The van der Waals surface area contributed by atoms with Crippen LogP contribution >= 0.6 is 51.5 Å². The highest BCUT2D eigenvalue weighted by Gasteiger charge is 2.33. The van der Waals surface area contributed by atoms with Gasteiger partial charge in [0, 0.05) is 5.02 Å². The Bertz CT molecular complexity index is 1040. The third-order valence-electron chi connectivity index (χ3n) is 3.75. The van der Waals surface area contributed by atoms with Crippen LogP contribution in [0.5, 0.6) is 11.5 Å². The highest BCUT2D eigenvalue weighted by Crippen LogP contribution is 2.40. The Kier molecular flexibility index (Phi) is 6.84. The van der Waals surface area contributed by atoms with E-state index in [1.807, 2.05) is 0 Å². The van der Waals surface area contributed by atoms with Crippen molar-refractivity contribution in [3.63, 3.8) is 0 Å². The zero-order valence-corrected chi connectivity index (χ0v) is 18.8. The zero-order chi connectivity index (χ0) is 21.1. The number of nitrogens with zero attached hydrogens (tertiary/aromatic N) is 1. The smallest absolute Gasteiger partial charge is 0.341 e. The Morgan fingerprint density at radius 3 is 2.79 bits per heavy atom. The average molecular weight is 515 g/mol. The van der Waals surface area contributed by atoms with Crippen LogP contribution in [0, 0.1) is 0 Å². The summed E-state index contributed by atoms with van der Waals surface area (Å²) in [5.41, 5.74) is 1.25. The largest absolute Gasteiger partial charge is 0.493 e. The molecule has 1 saturated heterocycles. The van der Waals surface area contributed by atoms with Crippen molar-refractivity contribution in [3.8, 4) is 11.5 Å². The van der Waals surface area contributed by atoms with Crippen LogP contribution < -0.4 is 14.4 Å². The molecule has 10 heteroatoms. The highest BCUT2D eigenvalue weighted by atomic mass is 79.9. The number of anilines is 1. The van der Waals surface area contributed by atoms with E-state index in [2.05, 4.69) is 15.9 Å². The van der Waals surface area contributed by atoms with Crippen LogP contribution in [0.3, 0.4) is 0 Å². The summed E-state index contributed by atoms with van der Waals surface area (Å²) in [4.78, 5) is 25.5. The van der Waals surface area contributed by atoms with Gasteiger partial charge < -0.3 is 14.6 Å². The maximum atomic E-state index is 12.9. The lowest BCUT2D eigenvalue weighted by molar-refractivity contribution is -0.139. The van der Waals surface area contributed by atoms with E-state index < -0.39 is 12.6 Å². The summed E-state index contributed by atoms with van der Waals surface area (Å²) < 4.78 is 11.5. The van der Waals surface area contributed by atoms with Crippen molar-refractivity contribution in [2.75, 3.05) is 18.6 Å². The summed E-state index contributed by atoms with van der Waals surface area (Å²) in [6.07, 6.45) is 1.68. The SMILES string of the molecule is COc1cc(/C=C2/SC(=S)N(c3cccc(Cl)c3)C2=O)cc(Br)c1OCC(=O)O. The standard InChI is InChI=1S/C19H13BrClNO5S2/c1-26-14-6-10(5-13(20)17(14)27-9-16(23)24)7-15-18(25)22(19(28)29-15)12-4-2-3-11(21)8-12/h2-8H,9H2,1H3,(H,23,24)/b15-7+. The van der Waals surface area contributed by atoms with E-state index in [-0.39, 0.29) is 11.7 Å². The normalized spacial score (nSPS) is 15.1. The number of carboxylic acids is 1. The first-order valence-electron chi connectivity index (χ1n) is 8.06. The molecule has 3 rings (SSSR count). The fourth-order valence-electron chi connectivity index (χ4n) is 2.55. The van der Waals surface area contributed by atoms with Gasteiger partial charge in [-0.1, -0.05) is 41.6 Å². The molecule has 0 radical (unpaired) electrons. The van der Waals surface area contributed by atoms with Crippen LogP contribution in [-0.2, 0) is 9.59 Å². The molecule has 0 spiro atoms. The summed E-state index contributed by atoms with van der Waals surface area (Å²) in [5.74, 6) is -0.771. The lowest BCUT2D eigenvalue weighted by Gasteiger charge is -2.14. The van der Waals surface area contributed by atoms with Gasteiger partial charge in [-0.05, 0) is 57.9 Å². The fraction of sp³-hybridized carbons (Fsp3) is 0.105. The third kappa shape index (κ3) is 4.92. The first kappa shape index (κ1) is 21.6. The molecular formula is C19H13BrClNO5S2. The van der Waals surface area contributed by atoms with Gasteiger partial charge in [0.2, 0.25) is 0 Å². The van der Waals surface area contributed by atoms with Gasteiger partial charge in [-0.15, -0.1) is 0 Å². The molecule has 1 aliphatic rings. The predicted octanol–water partition coefficient (Wildman–Crippen LogP) is 4.98. The lowest BCUT2D eigenvalue weighted by atomic mass is 10.1. The number of thioether (sulfide) groups is 1. The van der Waals surface area contributed by atoms with E-state index in [9.17, 15) is 9.59 Å². The van der Waals surface area contributed by atoms with Crippen molar-refractivity contribution in [1.82, 2.24) is 0 Å². The molecule has 1 heterocycles. The Hall–Kier alpha value is -2.07. The second-order valence-electron chi connectivity index (χ2n) is 5.71. The number of carboxylic acid groups (broad SMARTS) is 1.